The lowest BCUT2D eigenvalue weighted by molar-refractivity contribution is -0.307. The van der Waals surface area contributed by atoms with Gasteiger partial charge in [-0.2, -0.15) is 0 Å². The Morgan fingerprint density at radius 3 is 2.10 bits per heavy atom. The van der Waals surface area contributed by atoms with Crippen molar-refractivity contribution in [3.05, 3.63) is 24.2 Å². The van der Waals surface area contributed by atoms with E-state index in [4.69, 9.17) is 32.8 Å². The van der Waals surface area contributed by atoms with Gasteiger partial charge in [-0.05, 0) is 38.7 Å². The molecule has 1 aliphatic heterocycles. The van der Waals surface area contributed by atoms with Crippen molar-refractivity contribution < 1.29 is 56.8 Å². The van der Waals surface area contributed by atoms with E-state index in [0.717, 1.165) is 0 Å². The molecule has 0 unspecified atom stereocenters. The van der Waals surface area contributed by atoms with Gasteiger partial charge in [-0.3, -0.25) is 19.2 Å². The normalized spacial score (nSPS) is 35.6. The lowest BCUT2D eigenvalue weighted by atomic mass is 9.48. The number of ether oxygens (including phenoxy) is 6. The van der Waals surface area contributed by atoms with Gasteiger partial charge in [-0.1, -0.05) is 6.92 Å². The van der Waals surface area contributed by atoms with Crippen molar-refractivity contribution in [2.75, 3.05) is 6.61 Å². The molecule has 0 radical (unpaired) electrons. The minimum absolute atomic E-state index is 0.0841. The van der Waals surface area contributed by atoms with Crippen LogP contribution in [0, 0.1) is 17.3 Å². The van der Waals surface area contributed by atoms with Crippen LogP contribution in [-0.4, -0.2) is 72.1 Å². The first-order valence-electron chi connectivity index (χ1n) is 13.2. The molecule has 0 N–H and O–H groups in total. The summed E-state index contributed by atoms with van der Waals surface area (Å²) >= 11 is 0. The van der Waals surface area contributed by atoms with E-state index in [1.54, 1.807) is 0 Å². The van der Waals surface area contributed by atoms with E-state index in [1.165, 1.54) is 46.3 Å². The molecule has 4 rings (SSSR count). The number of hydrogen-bond donors (Lipinski definition) is 0. The molecule has 1 spiro atoms. The number of furan rings is 1. The van der Waals surface area contributed by atoms with E-state index in [2.05, 4.69) is 0 Å². The average molecular weight is 565 g/mol. The van der Waals surface area contributed by atoms with Crippen molar-refractivity contribution in [1.82, 2.24) is 0 Å². The molecule has 0 amide bonds. The zero-order valence-electron chi connectivity index (χ0n) is 23.7. The second-order valence-electron chi connectivity index (χ2n) is 11.5. The van der Waals surface area contributed by atoms with Gasteiger partial charge in [0.2, 0.25) is 0 Å². The summed E-state index contributed by atoms with van der Waals surface area (Å²) in [4.78, 5) is 63.0. The zero-order valence-corrected chi connectivity index (χ0v) is 23.7. The molecule has 3 aliphatic rings. The number of hydrogen-bond acceptors (Lipinski definition) is 12. The Morgan fingerprint density at radius 2 is 1.55 bits per heavy atom. The van der Waals surface area contributed by atoms with Crippen LogP contribution >= 0.6 is 0 Å². The summed E-state index contributed by atoms with van der Waals surface area (Å²) in [6.45, 7) is 9.97. The number of carbonyl (C=O) groups excluding carboxylic acids is 5. The molecular weight excluding hydrogens is 528 g/mol. The van der Waals surface area contributed by atoms with Gasteiger partial charge in [0.05, 0.1) is 23.0 Å². The molecule has 40 heavy (non-hydrogen) atoms. The summed E-state index contributed by atoms with van der Waals surface area (Å²) in [7, 11) is 0. The maximum atomic E-state index is 13.5. The van der Waals surface area contributed by atoms with E-state index < -0.39 is 83.4 Å². The van der Waals surface area contributed by atoms with Gasteiger partial charge in [0.25, 0.3) is 0 Å². The molecule has 220 valence electrons. The molecule has 2 heterocycles. The van der Waals surface area contributed by atoms with Gasteiger partial charge < -0.3 is 32.8 Å². The highest BCUT2D eigenvalue weighted by Crippen LogP contribution is 2.68. The van der Waals surface area contributed by atoms with E-state index in [9.17, 15) is 24.0 Å². The van der Waals surface area contributed by atoms with Crippen LogP contribution < -0.4 is 0 Å². The Labute approximate surface area is 231 Å². The smallest absolute Gasteiger partial charge is 0.341 e. The topological polar surface area (TPSA) is 154 Å². The Balaban J connectivity index is 2.02. The molecule has 8 atom stereocenters. The second-order valence-corrected chi connectivity index (χ2v) is 11.5. The van der Waals surface area contributed by atoms with Crippen LogP contribution in [0.15, 0.2) is 23.0 Å². The zero-order chi connectivity index (χ0) is 29.6. The summed E-state index contributed by atoms with van der Waals surface area (Å²) in [5, 5.41) is 0. The standard InChI is InChI=1S/C28H36O12/c1-14-10-21(36-16(3)30)23(38-18(5)32)27(13-35-15(2)29)24(39-25(33)19-8-9-34-12-19)22(37-17(4)31)20-11-28(14,27)40-26(20,6)7/h8-9,12,14,20-24H,10-11,13H2,1-7H3/t14-,20+,21-,22+,23+,24+,27+,28+/m1/s1. The summed E-state index contributed by atoms with van der Waals surface area (Å²) in [6, 6.07) is 1.41. The third-order valence-electron chi connectivity index (χ3n) is 8.50. The molecule has 3 fully saturated rings. The van der Waals surface area contributed by atoms with Crippen LogP contribution in [0.25, 0.3) is 0 Å². The highest BCUT2D eigenvalue weighted by Gasteiger charge is 2.81. The number of carbonyl (C=O) groups is 5. The van der Waals surface area contributed by atoms with Gasteiger partial charge in [0.15, 0.2) is 12.2 Å². The van der Waals surface area contributed by atoms with E-state index in [1.807, 2.05) is 20.8 Å². The van der Waals surface area contributed by atoms with Crippen molar-refractivity contribution in [3.63, 3.8) is 0 Å². The Bertz CT molecular complexity index is 1170. The van der Waals surface area contributed by atoms with Crippen molar-refractivity contribution in [1.29, 1.82) is 0 Å². The fourth-order valence-corrected chi connectivity index (χ4v) is 7.12. The predicted molar refractivity (Wildman–Crippen MR) is 133 cm³/mol. The van der Waals surface area contributed by atoms with E-state index >= 15 is 0 Å². The van der Waals surface area contributed by atoms with E-state index in [-0.39, 0.29) is 17.9 Å². The van der Waals surface area contributed by atoms with Crippen molar-refractivity contribution in [2.45, 2.75) is 96.9 Å². The van der Waals surface area contributed by atoms with Crippen molar-refractivity contribution in [3.8, 4) is 0 Å². The third kappa shape index (κ3) is 4.86. The fraction of sp³-hybridized carbons (Fsp3) is 0.679. The fourth-order valence-electron chi connectivity index (χ4n) is 7.12. The summed E-state index contributed by atoms with van der Waals surface area (Å²) in [5.74, 6) is -4.29. The maximum absolute atomic E-state index is 13.5. The van der Waals surface area contributed by atoms with Gasteiger partial charge >= 0.3 is 29.8 Å². The first kappa shape index (κ1) is 29.6. The summed E-state index contributed by atoms with van der Waals surface area (Å²) in [6.07, 6.45) is -1.75. The molecule has 1 aromatic heterocycles. The largest absolute Gasteiger partial charge is 0.472 e. The highest BCUT2D eigenvalue weighted by atomic mass is 16.6. The molecule has 12 nitrogen and oxygen atoms in total. The lowest BCUT2D eigenvalue weighted by Gasteiger charge is -2.62. The first-order chi connectivity index (χ1) is 18.6. The van der Waals surface area contributed by atoms with Crippen LogP contribution in [0.3, 0.4) is 0 Å². The quantitative estimate of drug-likeness (QED) is 0.353. The maximum Gasteiger partial charge on any atom is 0.341 e. The molecule has 1 aromatic rings. The predicted octanol–water partition coefficient (Wildman–Crippen LogP) is 2.76. The van der Waals surface area contributed by atoms with Gasteiger partial charge in [-0.25, -0.2) is 4.79 Å². The molecule has 2 saturated carbocycles. The van der Waals surface area contributed by atoms with Crippen LogP contribution in [-0.2, 0) is 47.6 Å². The Kier molecular flexibility index (Phi) is 7.78. The van der Waals surface area contributed by atoms with Crippen molar-refractivity contribution in [2.24, 2.45) is 17.3 Å². The minimum Gasteiger partial charge on any atom is -0.472 e. The lowest BCUT2D eigenvalue weighted by Crippen LogP contribution is -2.77. The van der Waals surface area contributed by atoms with Gasteiger partial charge in [0, 0.05) is 33.6 Å². The monoisotopic (exact) mass is 564 g/mol. The van der Waals surface area contributed by atoms with Crippen LogP contribution in [0.2, 0.25) is 0 Å². The summed E-state index contributed by atoms with van der Waals surface area (Å²) in [5.41, 5.74) is -3.71. The van der Waals surface area contributed by atoms with Gasteiger partial charge in [-0.15, -0.1) is 0 Å². The van der Waals surface area contributed by atoms with Crippen LogP contribution in [0.4, 0.5) is 0 Å². The molecule has 0 aromatic carbocycles. The average Bonchev–Trinajstić information content (AvgIpc) is 3.44. The number of esters is 5. The third-order valence-corrected chi connectivity index (χ3v) is 8.50. The van der Waals surface area contributed by atoms with Crippen LogP contribution in [0.5, 0.6) is 0 Å². The SMILES string of the molecule is CC(=O)OC[C@]12[C@@H](OC(=O)c3ccoc3)[C@@H](OC(C)=O)[C@@H]3C[C@]1(OC3(C)C)[C@H](C)C[C@@H](OC(C)=O)[C@@H]2OC(C)=O. The Hall–Kier alpha value is -3.41. The summed E-state index contributed by atoms with van der Waals surface area (Å²) < 4.78 is 41.1. The minimum atomic E-state index is -1.66. The van der Waals surface area contributed by atoms with Crippen LogP contribution in [0.1, 0.15) is 71.7 Å². The molecule has 2 aliphatic carbocycles. The number of fused-ring (bicyclic) bond motifs is 1. The van der Waals surface area contributed by atoms with E-state index in [0.29, 0.717) is 6.42 Å². The second kappa shape index (κ2) is 10.5. The molecule has 2 bridgehead atoms. The Morgan fingerprint density at radius 1 is 0.900 bits per heavy atom. The molecule has 12 heteroatoms. The highest BCUT2D eigenvalue weighted by molar-refractivity contribution is 5.89. The van der Waals surface area contributed by atoms with Crippen molar-refractivity contribution >= 4 is 29.8 Å². The first-order valence-corrected chi connectivity index (χ1v) is 13.2. The molecular formula is C28H36O12. The number of rotatable bonds is 7. The van der Waals surface area contributed by atoms with Gasteiger partial charge in [0.1, 0.15) is 30.5 Å². The molecule has 1 saturated heterocycles.